The number of rotatable bonds is 6. The van der Waals surface area contributed by atoms with Gasteiger partial charge in [-0.25, -0.2) is 4.98 Å². The Kier molecular flexibility index (Phi) is 6.02. The summed E-state index contributed by atoms with van der Waals surface area (Å²) in [6.07, 6.45) is 1.69. The highest BCUT2D eigenvalue weighted by Crippen LogP contribution is 2.26. The molecule has 0 fully saturated rings. The van der Waals surface area contributed by atoms with Crippen LogP contribution in [0.25, 0.3) is 10.6 Å². The summed E-state index contributed by atoms with van der Waals surface area (Å²) in [6.45, 7) is 4.57. The predicted molar refractivity (Wildman–Crippen MR) is 109 cm³/mol. The van der Waals surface area contributed by atoms with E-state index in [-0.39, 0.29) is 5.91 Å². The number of amides is 1. The molecule has 0 bridgehead atoms. The number of aromatic nitrogens is 1. The highest BCUT2D eigenvalue weighted by Gasteiger charge is 2.18. The number of thiazole rings is 1. The second-order valence-electron chi connectivity index (χ2n) is 5.83. The fourth-order valence-corrected chi connectivity index (χ4v) is 3.47. The lowest BCUT2D eigenvalue weighted by Crippen LogP contribution is -2.31. The van der Waals surface area contributed by atoms with Crippen LogP contribution >= 0.6 is 22.9 Å². The lowest BCUT2D eigenvalue weighted by atomic mass is 10.1. The molecule has 134 valence electrons. The zero-order valence-corrected chi connectivity index (χ0v) is 16.0. The van der Waals surface area contributed by atoms with Gasteiger partial charge in [-0.1, -0.05) is 41.9 Å². The molecule has 1 heterocycles. The molecule has 0 N–H and O–H groups in total. The topological polar surface area (TPSA) is 57.0 Å². The first kappa shape index (κ1) is 18.8. The van der Waals surface area contributed by atoms with E-state index in [2.05, 4.69) is 17.6 Å². The average molecular weight is 394 g/mol. The maximum Gasteiger partial charge on any atom is 0.273 e. The van der Waals surface area contributed by atoms with Crippen molar-refractivity contribution in [3.05, 3.63) is 88.4 Å². The van der Waals surface area contributed by atoms with Gasteiger partial charge in [0.05, 0.1) is 11.6 Å². The SMILES string of the molecule is C=CCN(Cc1ccc(C#N)cc1)C(=O)c1csc(-c2ccc(Cl)cc2)n1. The quantitative estimate of drug-likeness (QED) is 0.543. The third kappa shape index (κ3) is 4.62. The lowest BCUT2D eigenvalue weighted by molar-refractivity contribution is 0.0757. The van der Waals surface area contributed by atoms with Crippen molar-refractivity contribution >= 4 is 28.8 Å². The van der Waals surface area contributed by atoms with E-state index < -0.39 is 0 Å². The molecule has 6 heteroatoms. The molecule has 4 nitrogen and oxygen atoms in total. The van der Waals surface area contributed by atoms with Gasteiger partial charge in [-0.2, -0.15) is 5.26 Å². The first-order chi connectivity index (χ1) is 13.1. The van der Waals surface area contributed by atoms with Crippen molar-refractivity contribution < 1.29 is 4.79 Å². The molecule has 0 spiro atoms. The van der Waals surface area contributed by atoms with Crippen molar-refractivity contribution in [3.8, 4) is 16.6 Å². The van der Waals surface area contributed by atoms with E-state index in [1.54, 1.807) is 40.6 Å². The average Bonchev–Trinajstić information content (AvgIpc) is 3.18. The van der Waals surface area contributed by atoms with Gasteiger partial charge in [-0.3, -0.25) is 4.79 Å². The van der Waals surface area contributed by atoms with E-state index in [4.69, 9.17) is 16.9 Å². The van der Waals surface area contributed by atoms with Crippen molar-refractivity contribution in [1.29, 1.82) is 5.26 Å². The van der Waals surface area contributed by atoms with Crippen LogP contribution in [0.15, 0.2) is 66.6 Å². The molecule has 0 aliphatic rings. The first-order valence-corrected chi connectivity index (χ1v) is 9.47. The Hall–Kier alpha value is -2.94. The molecule has 27 heavy (non-hydrogen) atoms. The Balaban J connectivity index is 1.79. The number of carbonyl (C=O) groups is 1. The summed E-state index contributed by atoms with van der Waals surface area (Å²) in [5.41, 5.74) is 2.86. The van der Waals surface area contributed by atoms with E-state index in [1.165, 1.54) is 11.3 Å². The highest BCUT2D eigenvalue weighted by atomic mass is 35.5. The normalized spacial score (nSPS) is 10.2. The summed E-state index contributed by atoms with van der Waals surface area (Å²) in [5.74, 6) is -0.157. The summed E-state index contributed by atoms with van der Waals surface area (Å²) in [4.78, 5) is 19.1. The van der Waals surface area contributed by atoms with Crippen LogP contribution in [0.2, 0.25) is 5.02 Å². The molecule has 2 aromatic carbocycles. The molecule has 0 aliphatic carbocycles. The molecule has 0 unspecified atom stereocenters. The number of benzene rings is 2. The Morgan fingerprint density at radius 3 is 2.56 bits per heavy atom. The minimum atomic E-state index is -0.157. The highest BCUT2D eigenvalue weighted by molar-refractivity contribution is 7.13. The number of halogens is 1. The molecule has 3 rings (SSSR count). The Labute approximate surface area is 167 Å². The minimum Gasteiger partial charge on any atom is -0.329 e. The number of hydrogen-bond donors (Lipinski definition) is 0. The Bertz CT molecular complexity index is 988. The van der Waals surface area contributed by atoms with Crippen LogP contribution in [0.3, 0.4) is 0 Å². The third-order valence-electron chi connectivity index (χ3n) is 3.91. The third-order valence-corrected chi connectivity index (χ3v) is 5.05. The van der Waals surface area contributed by atoms with Gasteiger partial charge in [-0.15, -0.1) is 17.9 Å². The molecule has 0 saturated heterocycles. The van der Waals surface area contributed by atoms with Crippen molar-refractivity contribution in [1.82, 2.24) is 9.88 Å². The van der Waals surface area contributed by atoms with Gasteiger partial charge in [0.2, 0.25) is 0 Å². The Morgan fingerprint density at radius 1 is 1.22 bits per heavy atom. The van der Waals surface area contributed by atoms with E-state index in [0.717, 1.165) is 16.1 Å². The molecule has 3 aromatic rings. The van der Waals surface area contributed by atoms with E-state index in [0.29, 0.717) is 29.4 Å². The molecular weight excluding hydrogens is 378 g/mol. The number of carbonyl (C=O) groups excluding carboxylic acids is 1. The molecule has 1 amide bonds. The van der Waals surface area contributed by atoms with Crippen LogP contribution < -0.4 is 0 Å². The lowest BCUT2D eigenvalue weighted by Gasteiger charge is -2.20. The number of nitriles is 1. The predicted octanol–water partition coefficient (Wildman–Crippen LogP) is 5.16. The molecule has 0 aliphatic heterocycles. The summed E-state index contributed by atoms with van der Waals surface area (Å²) in [6, 6.07) is 16.6. The van der Waals surface area contributed by atoms with Gasteiger partial charge < -0.3 is 4.90 Å². The van der Waals surface area contributed by atoms with Crippen LogP contribution in [-0.4, -0.2) is 22.3 Å². The van der Waals surface area contributed by atoms with Gasteiger partial charge >= 0.3 is 0 Å². The monoisotopic (exact) mass is 393 g/mol. The van der Waals surface area contributed by atoms with Crippen LogP contribution in [0.1, 0.15) is 21.6 Å². The van der Waals surface area contributed by atoms with E-state index in [9.17, 15) is 4.79 Å². The van der Waals surface area contributed by atoms with Crippen molar-refractivity contribution in [2.24, 2.45) is 0 Å². The fourth-order valence-electron chi connectivity index (χ4n) is 2.54. The molecule has 0 atom stereocenters. The van der Waals surface area contributed by atoms with Crippen LogP contribution in [-0.2, 0) is 6.54 Å². The van der Waals surface area contributed by atoms with E-state index >= 15 is 0 Å². The zero-order chi connectivity index (χ0) is 19.2. The fraction of sp³-hybridized carbons (Fsp3) is 0.0952. The second-order valence-corrected chi connectivity index (χ2v) is 7.12. The number of nitrogens with zero attached hydrogens (tertiary/aromatic N) is 3. The summed E-state index contributed by atoms with van der Waals surface area (Å²) < 4.78 is 0. The van der Waals surface area contributed by atoms with Gasteiger partial charge in [0.25, 0.3) is 5.91 Å². The summed E-state index contributed by atoms with van der Waals surface area (Å²) >= 11 is 7.34. The smallest absolute Gasteiger partial charge is 0.273 e. The zero-order valence-electron chi connectivity index (χ0n) is 14.4. The first-order valence-electron chi connectivity index (χ1n) is 8.21. The maximum absolute atomic E-state index is 12.9. The maximum atomic E-state index is 12.9. The van der Waals surface area contributed by atoms with Gasteiger partial charge in [0.1, 0.15) is 10.7 Å². The second kappa shape index (κ2) is 8.63. The van der Waals surface area contributed by atoms with Gasteiger partial charge in [-0.05, 0) is 29.8 Å². The molecule has 1 aromatic heterocycles. The van der Waals surface area contributed by atoms with Crippen molar-refractivity contribution in [2.75, 3.05) is 6.54 Å². The molecular formula is C21H16ClN3OS. The Morgan fingerprint density at radius 2 is 1.93 bits per heavy atom. The molecule has 0 radical (unpaired) electrons. The van der Waals surface area contributed by atoms with Gasteiger partial charge in [0.15, 0.2) is 0 Å². The van der Waals surface area contributed by atoms with Crippen LogP contribution in [0, 0.1) is 11.3 Å². The minimum absolute atomic E-state index is 0.157. The molecule has 0 saturated carbocycles. The largest absolute Gasteiger partial charge is 0.329 e. The standard InChI is InChI=1S/C21H16ClN3OS/c1-2-11-25(13-16-5-3-15(12-23)4-6-16)21(26)19-14-27-20(24-19)17-7-9-18(22)10-8-17/h2-10,14H,1,11,13H2. The van der Waals surface area contributed by atoms with Crippen LogP contribution in [0.4, 0.5) is 0 Å². The van der Waals surface area contributed by atoms with Crippen molar-refractivity contribution in [3.63, 3.8) is 0 Å². The van der Waals surface area contributed by atoms with Gasteiger partial charge in [0, 0.05) is 29.1 Å². The summed E-state index contributed by atoms with van der Waals surface area (Å²) in [5, 5.41) is 12.1. The van der Waals surface area contributed by atoms with Crippen molar-refractivity contribution in [2.45, 2.75) is 6.54 Å². The summed E-state index contributed by atoms with van der Waals surface area (Å²) in [7, 11) is 0. The number of hydrogen-bond acceptors (Lipinski definition) is 4. The van der Waals surface area contributed by atoms with Crippen LogP contribution in [0.5, 0.6) is 0 Å². The van der Waals surface area contributed by atoms with E-state index in [1.807, 2.05) is 24.3 Å².